The van der Waals surface area contributed by atoms with Gasteiger partial charge in [-0.25, -0.2) is 13.1 Å². The molecule has 0 aliphatic carbocycles. The summed E-state index contributed by atoms with van der Waals surface area (Å²) in [5.41, 5.74) is 3.41. The Morgan fingerprint density at radius 1 is 1.00 bits per heavy atom. The lowest BCUT2D eigenvalue weighted by Crippen LogP contribution is -2.27. The quantitative estimate of drug-likeness (QED) is 0.601. The first-order valence-electron chi connectivity index (χ1n) is 8.24. The minimum Gasteiger partial charge on any atom is -0.238 e. The number of hydrogen-bond donors (Lipinski definition) is 0. The number of aromatic nitrogens is 2. The second-order valence-corrected chi connectivity index (χ2v) is 9.00. The van der Waals surface area contributed by atoms with E-state index in [1.54, 1.807) is 6.07 Å². The van der Waals surface area contributed by atoms with E-state index in [1.165, 1.54) is 23.5 Å². The fourth-order valence-corrected chi connectivity index (χ4v) is 5.14. The van der Waals surface area contributed by atoms with Crippen LogP contribution in [0.2, 0.25) is 10.0 Å². The fourth-order valence-electron chi connectivity index (χ4n) is 2.92. The van der Waals surface area contributed by atoms with E-state index in [0.717, 1.165) is 22.6 Å². The van der Waals surface area contributed by atoms with E-state index in [-0.39, 0.29) is 21.5 Å². The lowest BCUT2D eigenvalue weighted by atomic mass is 10.2. The maximum absolute atomic E-state index is 13.0. The van der Waals surface area contributed by atoms with Crippen LogP contribution in [0.15, 0.2) is 53.4 Å². The summed E-state index contributed by atoms with van der Waals surface area (Å²) in [6.07, 6.45) is 0. The molecule has 0 saturated carbocycles. The Kier molecular flexibility index (Phi) is 5.63. The maximum Gasteiger partial charge on any atom is 0.246 e. The molecule has 0 spiro atoms. The number of aryl methyl sites for hydroxylation is 1. The Labute approximate surface area is 169 Å². The third-order valence-electron chi connectivity index (χ3n) is 4.41. The number of rotatable bonds is 5. The van der Waals surface area contributed by atoms with Crippen molar-refractivity contribution in [3.05, 3.63) is 75.5 Å². The highest BCUT2D eigenvalue weighted by atomic mass is 35.5. The van der Waals surface area contributed by atoms with Gasteiger partial charge in [-0.2, -0.15) is 9.40 Å². The van der Waals surface area contributed by atoms with Crippen molar-refractivity contribution >= 4 is 33.2 Å². The van der Waals surface area contributed by atoms with Crippen LogP contribution in [0.1, 0.15) is 17.0 Å². The standard InChI is InChI=1S/C19H19Cl2N3O2S/c1-13-16(14(2)24(22-13)15-8-5-4-6-9-15)12-23(3)27(25,26)19-17(20)10-7-11-18(19)21/h4-11H,12H2,1-3H3. The van der Waals surface area contributed by atoms with Crippen LogP contribution in [0.4, 0.5) is 0 Å². The monoisotopic (exact) mass is 423 g/mol. The number of para-hydroxylation sites is 1. The van der Waals surface area contributed by atoms with Crippen LogP contribution in [0.5, 0.6) is 0 Å². The molecule has 0 saturated heterocycles. The first-order valence-corrected chi connectivity index (χ1v) is 10.4. The molecule has 3 rings (SSSR count). The smallest absolute Gasteiger partial charge is 0.238 e. The SMILES string of the molecule is Cc1nn(-c2ccccc2)c(C)c1CN(C)S(=O)(=O)c1c(Cl)cccc1Cl. The van der Waals surface area contributed by atoms with Gasteiger partial charge in [0.1, 0.15) is 4.90 Å². The largest absolute Gasteiger partial charge is 0.246 e. The number of halogens is 2. The van der Waals surface area contributed by atoms with E-state index < -0.39 is 10.0 Å². The molecule has 0 aliphatic rings. The summed E-state index contributed by atoms with van der Waals surface area (Å²) in [7, 11) is -2.35. The summed E-state index contributed by atoms with van der Waals surface area (Å²) < 4.78 is 29.1. The molecule has 0 unspecified atom stereocenters. The third-order valence-corrected chi connectivity index (χ3v) is 7.17. The summed E-state index contributed by atoms with van der Waals surface area (Å²) >= 11 is 12.2. The molecule has 2 aromatic carbocycles. The van der Waals surface area contributed by atoms with E-state index >= 15 is 0 Å². The third kappa shape index (κ3) is 3.75. The highest BCUT2D eigenvalue weighted by molar-refractivity contribution is 7.89. The molecule has 142 valence electrons. The van der Waals surface area contributed by atoms with E-state index in [1.807, 2.05) is 48.9 Å². The Morgan fingerprint density at radius 2 is 1.59 bits per heavy atom. The number of nitrogens with zero attached hydrogens (tertiary/aromatic N) is 3. The molecule has 3 aromatic rings. The van der Waals surface area contributed by atoms with E-state index in [9.17, 15) is 8.42 Å². The van der Waals surface area contributed by atoms with Gasteiger partial charge in [0.25, 0.3) is 0 Å². The first kappa shape index (κ1) is 19.9. The molecular formula is C19H19Cl2N3O2S. The summed E-state index contributed by atoms with van der Waals surface area (Å²) in [4.78, 5) is -0.0819. The summed E-state index contributed by atoms with van der Waals surface area (Å²) in [5.74, 6) is 0. The predicted molar refractivity (Wildman–Crippen MR) is 108 cm³/mol. The van der Waals surface area contributed by atoms with Gasteiger partial charge in [0, 0.05) is 24.8 Å². The van der Waals surface area contributed by atoms with E-state index in [0.29, 0.717) is 0 Å². The van der Waals surface area contributed by atoms with Crippen LogP contribution in [-0.2, 0) is 16.6 Å². The molecule has 8 heteroatoms. The highest BCUT2D eigenvalue weighted by Crippen LogP contribution is 2.32. The van der Waals surface area contributed by atoms with Crippen molar-refractivity contribution in [2.45, 2.75) is 25.3 Å². The van der Waals surface area contributed by atoms with Crippen LogP contribution < -0.4 is 0 Å². The van der Waals surface area contributed by atoms with Gasteiger partial charge in [-0.3, -0.25) is 0 Å². The van der Waals surface area contributed by atoms with Gasteiger partial charge in [-0.1, -0.05) is 47.5 Å². The van der Waals surface area contributed by atoms with Crippen molar-refractivity contribution in [3.63, 3.8) is 0 Å². The summed E-state index contributed by atoms with van der Waals surface area (Å²) in [6, 6.07) is 14.3. The Bertz CT molecular complexity index is 1060. The normalized spacial score (nSPS) is 11.9. The summed E-state index contributed by atoms with van der Waals surface area (Å²) in [6.45, 7) is 3.95. The molecule has 5 nitrogen and oxygen atoms in total. The average Bonchev–Trinajstić information content (AvgIpc) is 2.90. The second kappa shape index (κ2) is 7.64. The van der Waals surface area contributed by atoms with Gasteiger partial charge >= 0.3 is 0 Å². The maximum atomic E-state index is 13.0. The van der Waals surface area contributed by atoms with E-state index in [4.69, 9.17) is 23.2 Å². The lowest BCUT2D eigenvalue weighted by Gasteiger charge is -2.19. The van der Waals surface area contributed by atoms with Crippen LogP contribution >= 0.6 is 23.2 Å². The van der Waals surface area contributed by atoms with Crippen molar-refractivity contribution in [2.24, 2.45) is 0 Å². The molecule has 0 bridgehead atoms. The fraction of sp³-hybridized carbons (Fsp3) is 0.211. The number of hydrogen-bond acceptors (Lipinski definition) is 3. The Balaban J connectivity index is 1.97. The lowest BCUT2D eigenvalue weighted by molar-refractivity contribution is 0.465. The van der Waals surface area contributed by atoms with Crippen molar-refractivity contribution in [3.8, 4) is 5.69 Å². The first-order chi connectivity index (χ1) is 12.7. The van der Waals surface area contributed by atoms with E-state index in [2.05, 4.69) is 5.10 Å². The topological polar surface area (TPSA) is 55.2 Å². The predicted octanol–water partition coefficient (Wildman–Crippen LogP) is 4.62. The van der Waals surface area contributed by atoms with Gasteiger partial charge < -0.3 is 0 Å². The zero-order chi connectivity index (χ0) is 19.8. The molecular weight excluding hydrogens is 405 g/mol. The van der Waals surface area contributed by atoms with Crippen molar-refractivity contribution < 1.29 is 8.42 Å². The van der Waals surface area contributed by atoms with Gasteiger partial charge in [0.05, 0.1) is 21.4 Å². The minimum atomic E-state index is -3.86. The molecule has 0 aliphatic heterocycles. The number of benzene rings is 2. The molecule has 0 amide bonds. The zero-order valence-electron chi connectivity index (χ0n) is 15.1. The van der Waals surface area contributed by atoms with Crippen LogP contribution in [0.25, 0.3) is 5.69 Å². The second-order valence-electron chi connectivity index (χ2n) is 6.21. The van der Waals surface area contributed by atoms with Crippen LogP contribution in [-0.4, -0.2) is 29.6 Å². The average molecular weight is 424 g/mol. The molecule has 1 aromatic heterocycles. The molecule has 27 heavy (non-hydrogen) atoms. The van der Waals surface area contributed by atoms with Crippen LogP contribution in [0.3, 0.4) is 0 Å². The number of sulfonamides is 1. The zero-order valence-corrected chi connectivity index (χ0v) is 17.5. The Hall–Kier alpha value is -1.86. The summed E-state index contributed by atoms with van der Waals surface area (Å²) in [5, 5.41) is 4.77. The van der Waals surface area contributed by atoms with Crippen molar-refractivity contribution in [1.82, 2.24) is 14.1 Å². The molecule has 0 fully saturated rings. The van der Waals surface area contributed by atoms with Gasteiger partial charge in [-0.15, -0.1) is 0 Å². The Morgan fingerprint density at radius 3 is 2.19 bits per heavy atom. The van der Waals surface area contributed by atoms with Crippen LogP contribution in [0, 0.1) is 13.8 Å². The van der Waals surface area contributed by atoms with Crippen molar-refractivity contribution in [2.75, 3.05) is 7.05 Å². The van der Waals surface area contributed by atoms with Gasteiger partial charge in [0.2, 0.25) is 10.0 Å². The molecule has 1 heterocycles. The molecule has 0 N–H and O–H groups in total. The molecule has 0 atom stereocenters. The highest BCUT2D eigenvalue weighted by Gasteiger charge is 2.28. The minimum absolute atomic E-state index is 0.0819. The van der Waals surface area contributed by atoms with Crippen molar-refractivity contribution in [1.29, 1.82) is 0 Å². The van der Waals surface area contributed by atoms with Gasteiger partial charge in [-0.05, 0) is 38.1 Å². The van der Waals surface area contributed by atoms with Gasteiger partial charge in [0.15, 0.2) is 0 Å². The molecule has 0 radical (unpaired) electrons.